The van der Waals surface area contributed by atoms with Crippen LogP contribution in [0.1, 0.15) is 12.0 Å². The molecule has 0 radical (unpaired) electrons. The summed E-state index contributed by atoms with van der Waals surface area (Å²) in [4.78, 5) is 12.6. The molecule has 0 spiro atoms. The van der Waals surface area contributed by atoms with Gasteiger partial charge < -0.3 is 14.5 Å². The number of halogens is 2. The van der Waals surface area contributed by atoms with Gasteiger partial charge in [-0.05, 0) is 49.8 Å². The Bertz CT molecular complexity index is 914. The van der Waals surface area contributed by atoms with Crippen LogP contribution in [0.25, 0.3) is 10.9 Å². The fourth-order valence-corrected chi connectivity index (χ4v) is 3.13. The third-order valence-electron chi connectivity index (χ3n) is 4.07. The maximum atomic E-state index is 12.6. The summed E-state index contributed by atoms with van der Waals surface area (Å²) in [7, 11) is 1.91. The highest BCUT2D eigenvalue weighted by Gasteiger charge is 2.08. The van der Waals surface area contributed by atoms with Crippen molar-refractivity contribution in [2.75, 3.05) is 13.6 Å². The fraction of sp³-hybridized carbons (Fsp3) is 0.278. The Labute approximate surface area is 150 Å². The van der Waals surface area contributed by atoms with Gasteiger partial charge in [-0.15, -0.1) is 0 Å². The molecule has 0 aliphatic rings. The molecule has 126 valence electrons. The van der Waals surface area contributed by atoms with E-state index in [-0.39, 0.29) is 5.56 Å². The van der Waals surface area contributed by atoms with Crippen LogP contribution in [0.5, 0.6) is 0 Å². The molecule has 6 heteroatoms. The van der Waals surface area contributed by atoms with Crippen molar-refractivity contribution in [2.45, 2.75) is 19.5 Å². The topological polar surface area (TPSA) is 39.0 Å². The lowest BCUT2D eigenvalue weighted by Crippen LogP contribution is -2.21. The number of hydrogen-bond acceptors (Lipinski definition) is 2. The van der Waals surface area contributed by atoms with E-state index in [0.717, 1.165) is 29.4 Å². The lowest BCUT2D eigenvalue weighted by Gasteiger charge is -2.09. The smallest absolute Gasteiger partial charge is 0.259 e. The number of nitrogens with one attached hydrogen (secondary N) is 1. The number of rotatable bonds is 6. The van der Waals surface area contributed by atoms with E-state index >= 15 is 0 Å². The first-order valence-corrected chi connectivity index (χ1v) is 8.62. The average Bonchev–Trinajstić information content (AvgIpc) is 2.97. The van der Waals surface area contributed by atoms with Crippen LogP contribution >= 0.6 is 23.2 Å². The van der Waals surface area contributed by atoms with Crippen molar-refractivity contribution in [2.24, 2.45) is 0 Å². The molecular formula is C18H19Cl2N3O. The van der Waals surface area contributed by atoms with Crippen LogP contribution in [0, 0.1) is 0 Å². The van der Waals surface area contributed by atoms with Crippen LogP contribution in [0.3, 0.4) is 0 Å². The summed E-state index contributed by atoms with van der Waals surface area (Å²) in [6.45, 7) is 2.25. The highest BCUT2D eigenvalue weighted by Crippen LogP contribution is 2.23. The number of benzene rings is 1. The van der Waals surface area contributed by atoms with Crippen LogP contribution in [0.2, 0.25) is 10.0 Å². The summed E-state index contributed by atoms with van der Waals surface area (Å²) < 4.78 is 3.82. The summed E-state index contributed by atoms with van der Waals surface area (Å²) in [6.07, 6.45) is 4.73. The summed E-state index contributed by atoms with van der Waals surface area (Å²) >= 11 is 12.0. The fourth-order valence-electron chi connectivity index (χ4n) is 2.81. The van der Waals surface area contributed by atoms with E-state index in [9.17, 15) is 4.79 Å². The Balaban J connectivity index is 1.89. The molecule has 4 nitrogen and oxygen atoms in total. The van der Waals surface area contributed by atoms with Crippen molar-refractivity contribution in [3.8, 4) is 0 Å². The Morgan fingerprint density at radius 3 is 2.58 bits per heavy atom. The molecule has 1 aromatic carbocycles. The molecule has 0 aliphatic carbocycles. The van der Waals surface area contributed by atoms with E-state index in [1.165, 1.54) is 0 Å². The number of aryl methyl sites for hydroxylation is 1. The number of aromatic nitrogens is 2. The van der Waals surface area contributed by atoms with Gasteiger partial charge in [0.2, 0.25) is 0 Å². The Morgan fingerprint density at radius 1 is 1.04 bits per heavy atom. The van der Waals surface area contributed by atoms with Crippen molar-refractivity contribution in [3.63, 3.8) is 0 Å². The lowest BCUT2D eigenvalue weighted by atomic mass is 10.2. The lowest BCUT2D eigenvalue weighted by molar-refractivity contribution is 0.601. The monoisotopic (exact) mass is 363 g/mol. The number of pyridine rings is 1. The molecule has 0 aliphatic heterocycles. The van der Waals surface area contributed by atoms with Crippen LogP contribution in [-0.2, 0) is 13.1 Å². The molecule has 0 atom stereocenters. The molecule has 24 heavy (non-hydrogen) atoms. The zero-order valence-corrected chi connectivity index (χ0v) is 14.9. The molecule has 0 saturated heterocycles. The van der Waals surface area contributed by atoms with Gasteiger partial charge in [0.05, 0.1) is 20.9 Å². The molecule has 2 aromatic heterocycles. The van der Waals surface area contributed by atoms with Gasteiger partial charge in [0.25, 0.3) is 5.56 Å². The van der Waals surface area contributed by atoms with Gasteiger partial charge in [-0.3, -0.25) is 4.79 Å². The molecule has 0 saturated carbocycles. The van der Waals surface area contributed by atoms with Crippen molar-refractivity contribution in [3.05, 3.63) is 68.7 Å². The molecule has 3 aromatic rings. The Morgan fingerprint density at radius 2 is 1.83 bits per heavy atom. The largest absolute Gasteiger partial charge is 0.343 e. The second-order valence-electron chi connectivity index (χ2n) is 5.76. The SMILES string of the molecule is CNCCCn1ccc2c(ccn2Cc2ccc(Cl)c(Cl)c2)c1=O. The van der Waals surface area contributed by atoms with Crippen LogP contribution in [0.4, 0.5) is 0 Å². The number of hydrogen-bond donors (Lipinski definition) is 1. The molecule has 0 unspecified atom stereocenters. The van der Waals surface area contributed by atoms with Crippen LogP contribution in [-0.4, -0.2) is 22.7 Å². The molecule has 2 heterocycles. The number of nitrogens with zero attached hydrogens (tertiary/aromatic N) is 2. The third-order valence-corrected chi connectivity index (χ3v) is 4.81. The van der Waals surface area contributed by atoms with E-state index in [1.807, 2.05) is 48.3 Å². The van der Waals surface area contributed by atoms with Crippen LogP contribution in [0.15, 0.2) is 47.5 Å². The highest BCUT2D eigenvalue weighted by atomic mass is 35.5. The predicted octanol–water partition coefficient (Wildman–Crippen LogP) is 3.77. The van der Waals surface area contributed by atoms with Gasteiger partial charge in [0.1, 0.15) is 0 Å². The molecule has 0 fully saturated rings. The molecule has 0 amide bonds. The number of fused-ring (bicyclic) bond motifs is 1. The summed E-state index contributed by atoms with van der Waals surface area (Å²) in [5, 5.41) is 4.92. The van der Waals surface area contributed by atoms with Crippen molar-refractivity contribution in [1.82, 2.24) is 14.5 Å². The minimum Gasteiger partial charge on any atom is -0.343 e. The molecule has 3 rings (SSSR count). The van der Waals surface area contributed by atoms with Gasteiger partial charge in [-0.1, -0.05) is 29.3 Å². The average molecular weight is 364 g/mol. The highest BCUT2D eigenvalue weighted by molar-refractivity contribution is 6.42. The van der Waals surface area contributed by atoms with E-state index in [0.29, 0.717) is 23.1 Å². The van der Waals surface area contributed by atoms with Gasteiger partial charge in [-0.2, -0.15) is 0 Å². The zero-order valence-electron chi connectivity index (χ0n) is 13.4. The second kappa shape index (κ2) is 7.43. The minimum absolute atomic E-state index is 0.0523. The maximum Gasteiger partial charge on any atom is 0.259 e. The van der Waals surface area contributed by atoms with Gasteiger partial charge in [-0.25, -0.2) is 0 Å². The van der Waals surface area contributed by atoms with Gasteiger partial charge >= 0.3 is 0 Å². The van der Waals surface area contributed by atoms with Gasteiger partial charge in [0, 0.05) is 25.5 Å². The third kappa shape index (κ3) is 3.51. The first-order chi connectivity index (χ1) is 11.6. The van der Waals surface area contributed by atoms with Crippen LogP contribution < -0.4 is 10.9 Å². The maximum absolute atomic E-state index is 12.6. The van der Waals surface area contributed by atoms with E-state index in [4.69, 9.17) is 23.2 Å². The first kappa shape index (κ1) is 17.1. The van der Waals surface area contributed by atoms with E-state index < -0.39 is 0 Å². The first-order valence-electron chi connectivity index (χ1n) is 7.87. The summed E-state index contributed by atoms with van der Waals surface area (Å²) in [5.74, 6) is 0. The Hall–Kier alpha value is -1.75. The standard InChI is InChI=1S/C18H19Cl2N3O/c1-21-7-2-8-22-10-6-17-14(18(22)24)5-9-23(17)12-13-3-4-15(19)16(20)11-13/h3-6,9-11,21H,2,7-8,12H2,1H3. The summed E-state index contributed by atoms with van der Waals surface area (Å²) in [5.41, 5.74) is 2.02. The normalized spacial score (nSPS) is 11.3. The van der Waals surface area contributed by atoms with Crippen molar-refractivity contribution >= 4 is 34.1 Å². The van der Waals surface area contributed by atoms with Crippen molar-refractivity contribution in [1.29, 1.82) is 0 Å². The van der Waals surface area contributed by atoms with E-state index in [1.54, 1.807) is 10.6 Å². The van der Waals surface area contributed by atoms with E-state index in [2.05, 4.69) is 5.32 Å². The molecule has 1 N–H and O–H groups in total. The van der Waals surface area contributed by atoms with Gasteiger partial charge in [0.15, 0.2) is 0 Å². The predicted molar refractivity (Wildman–Crippen MR) is 100 cm³/mol. The summed E-state index contributed by atoms with van der Waals surface area (Å²) in [6, 6.07) is 9.46. The molecular weight excluding hydrogens is 345 g/mol. The molecule has 0 bridgehead atoms. The Kier molecular flexibility index (Phi) is 5.29. The second-order valence-corrected chi connectivity index (χ2v) is 6.58. The quantitative estimate of drug-likeness (QED) is 0.677. The van der Waals surface area contributed by atoms with Crippen molar-refractivity contribution < 1.29 is 0 Å². The zero-order chi connectivity index (χ0) is 17.1. The minimum atomic E-state index is 0.0523.